The van der Waals surface area contributed by atoms with Crippen molar-refractivity contribution in [3.05, 3.63) is 29.8 Å². The lowest BCUT2D eigenvalue weighted by molar-refractivity contribution is 0.0104. The SMILES string of the molecule is CCCOc1ccccc1C(=O)CCC1CCCCO1. The van der Waals surface area contributed by atoms with E-state index in [1.807, 2.05) is 24.3 Å². The molecule has 3 nitrogen and oxygen atoms in total. The molecule has 1 heterocycles. The molecule has 1 unspecified atom stereocenters. The highest BCUT2D eigenvalue weighted by Crippen LogP contribution is 2.23. The molecule has 0 aliphatic carbocycles. The number of ketones is 1. The number of para-hydroxylation sites is 1. The Morgan fingerprint density at radius 3 is 2.95 bits per heavy atom. The van der Waals surface area contributed by atoms with Crippen LogP contribution in [0.4, 0.5) is 0 Å². The zero-order valence-electron chi connectivity index (χ0n) is 12.3. The van der Waals surface area contributed by atoms with Gasteiger partial charge in [-0.2, -0.15) is 0 Å². The van der Waals surface area contributed by atoms with Gasteiger partial charge in [-0.3, -0.25) is 4.79 Å². The third-order valence-corrected chi connectivity index (χ3v) is 3.62. The second kappa shape index (κ2) is 8.05. The average Bonchev–Trinajstić information content (AvgIpc) is 2.52. The summed E-state index contributed by atoms with van der Waals surface area (Å²) in [6.45, 7) is 3.55. The molecular formula is C17H24O3. The molecule has 1 aliphatic rings. The van der Waals surface area contributed by atoms with Crippen LogP contribution >= 0.6 is 0 Å². The number of ether oxygens (including phenoxy) is 2. The molecule has 0 saturated carbocycles. The van der Waals surface area contributed by atoms with Gasteiger partial charge in [-0.05, 0) is 44.2 Å². The molecule has 20 heavy (non-hydrogen) atoms. The number of carbonyl (C=O) groups is 1. The number of carbonyl (C=O) groups excluding carboxylic acids is 1. The molecule has 1 atom stereocenters. The molecule has 1 aromatic rings. The van der Waals surface area contributed by atoms with Gasteiger partial charge >= 0.3 is 0 Å². The van der Waals surface area contributed by atoms with E-state index in [-0.39, 0.29) is 11.9 Å². The second-order valence-corrected chi connectivity index (χ2v) is 5.30. The minimum absolute atomic E-state index is 0.158. The van der Waals surface area contributed by atoms with Gasteiger partial charge in [-0.15, -0.1) is 0 Å². The van der Waals surface area contributed by atoms with Crippen LogP contribution in [0.25, 0.3) is 0 Å². The molecular weight excluding hydrogens is 252 g/mol. The Balaban J connectivity index is 1.90. The fourth-order valence-electron chi connectivity index (χ4n) is 2.50. The average molecular weight is 276 g/mol. The summed E-state index contributed by atoms with van der Waals surface area (Å²) >= 11 is 0. The van der Waals surface area contributed by atoms with Gasteiger partial charge in [-0.1, -0.05) is 19.1 Å². The van der Waals surface area contributed by atoms with Crippen molar-refractivity contribution < 1.29 is 14.3 Å². The molecule has 0 radical (unpaired) electrons. The molecule has 3 heteroatoms. The first kappa shape index (κ1) is 15.0. The number of Topliss-reactive ketones (excluding diaryl/α,β-unsaturated/α-hetero) is 1. The van der Waals surface area contributed by atoms with Gasteiger partial charge in [-0.25, -0.2) is 0 Å². The Morgan fingerprint density at radius 1 is 1.35 bits per heavy atom. The van der Waals surface area contributed by atoms with Crippen molar-refractivity contribution in [3.8, 4) is 5.75 Å². The fourth-order valence-corrected chi connectivity index (χ4v) is 2.50. The Morgan fingerprint density at radius 2 is 2.20 bits per heavy atom. The predicted octanol–water partition coefficient (Wildman–Crippen LogP) is 4.01. The summed E-state index contributed by atoms with van der Waals surface area (Å²) in [6.07, 6.45) is 6.02. The van der Waals surface area contributed by atoms with E-state index in [0.717, 1.165) is 32.3 Å². The first-order valence-electron chi connectivity index (χ1n) is 7.68. The molecule has 1 saturated heterocycles. The third kappa shape index (κ3) is 4.34. The summed E-state index contributed by atoms with van der Waals surface area (Å²) in [6, 6.07) is 7.53. The Hall–Kier alpha value is -1.35. The van der Waals surface area contributed by atoms with E-state index < -0.39 is 0 Å². The van der Waals surface area contributed by atoms with Crippen LogP contribution in [-0.2, 0) is 4.74 Å². The zero-order valence-corrected chi connectivity index (χ0v) is 12.3. The first-order chi connectivity index (χ1) is 9.81. The molecule has 1 aromatic carbocycles. The molecule has 0 amide bonds. The molecule has 0 spiro atoms. The van der Waals surface area contributed by atoms with Crippen molar-refractivity contribution in [2.24, 2.45) is 0 Å². The summed E-state index contributed by atoms with van der Waals surface area (Å²) in [5.74, 6) is 0.870. The minimum Gasteiger partial charge on any atom is -0.493 e. The van der Waals surface area contributed by atoms with Gasteiger partial charge in [0.2, 0.25) is 0 Å². The number of rotatable bonds is 7. The van der Waals surface area contributed by atoms with Crippen LogP contribution in [0.1, 0.15) is 55.8 Å². The molecule has 2 rings (SSSR count). The van der Waals surface area contributed by atoms with E-state index in [4.69, 9.17) is 9.47 Å². The quantitative estimate of drug-likeness (QED) is 0.706. The smallest absolute Gasteiger partial charge is 0.166 e. The highest BCUT2D eigenvalue weighted by molar-refractivity contribution is 5.98. The first-order valence-corrected chi connectivity index (χ1v) is 7.68. The monoisotopic (exact) mass is 276 g/mol. The van der Waals surface area contributed by atoms with Gasteiger partial charge in [0, 0.05) is 13.0 Å². The van der Waals surface area contributed by atoms with Crippen LogP contribution in [0.3, 0.4) is 0 Å². The number of benzene rings is 1. The molecule has 110 valence electrons. The van der Waals surface area contributed by atoms with Crippen LogP contribution in [0.5, 0.6) is 5.75 Å². The van der Waals surface area contributed by atoms with Crippen LogP contribution in [-0.4, -0.2) is 25.1 Å². The summed E-state index contributed by atoms with van der Waals surface area (Å²) < 4.78 is 11.3. The zero-order chi connectivity index (χ0) is 14.2. The molecule has 0 N–H and O–H groups in total. The van der Waals surface area contributed by atoms with E-state index in [9.17, 15) is 4.79 Å². The summed E-state index contributed by atoms with van der Waals surface area (Å²) in [5, 5.41) is 0. The van der Waals surface area contributed by atoms with Crippen LogP contribution in [0.2, 0.25) is 0 Å². The summed E-state index contributed by atoms with van der Waals surface area (Å²) in [7, 11) is 0. The highest BCUT2D eigenvalue weighted by atomic mass is 16.5. The van der Waals surface area contributed by atoms with Crippen molar-refractivity contribution >= 4 is 5.78 Å². The van der Waals surface area contributed by atoms with Crippen LogP contribution < -0.4 is 4.74 Å². The van der Waals surface area contributed by atoms with E-state index in [1.165, 1.54) is 6.42 Å². The van der Waals surface area contributed by atoms with Gasteiger partial charge in [0.1, 0.15) is 5.75 Å². The van der Waals surface area contributed by atoms with E-state index in [0.29, 0.717) is 24.3 Å². The molecule has 0 bridgehead atoms. The summed E-state index contributed by atoms with van der Waals surface area (Å²) in [4.78, 5) is 12.3. The van der Waals surface area contributed by atoms with Gasteiger partial charge in [0.05, 0.1) is 18.3 Å². The van der Waals surface area contributed by atoms with Crippen molar-refractivity contribution in [2.75, 3.05) is 13.2 Å². The van der Waals surface area contributed by atoms with Crippen molar-refractivity contribution in [3.63, 3.8) is 0 Å². The van der Waals surface area contributed by atoms with E-state index in [1.54, 1.807) is 0 Å². The fraction of sp³-hybridized carbons (Fsp3) is 0.588. The number of hydrogen-bond donors (Lipinski definition) is 0. The van der Waals surface area contributed by atoms with Gasteiger partial charge in [0.25, 0.3) is 0 Å². The Bertz CT molecular complexity index is 422. The van der Waals surface area contributed by atoms with Crippen LogP contribution in [0, 0.1) is 0 Å². The maximum atomic E-state index is 12.3. The standard InChI is InChI=1S/C17H24O3/c1-2-12-20-17-9-4-3-8-15(17)16(18)11-10-14-7-5-6-13-19-14/h3-4,8-9,14H,2,5-7,10-13H2,1H3. The minimum atomic E-state index is 0.158. The lowest BCUT2D eigenvalue weighted by atomic mass is 10.00. The van der Waals surface area contributed by atoms with E-state index in [2.05, 4.69) is 6.92 Å². The number of hydrogen-bond acceptors (Lipinski definition) is 3. The third-order valence-electron chi connectivity index (χ3n) is 3.62. The van der Waals surface area contributed by atoms with Gasteiger partial charge < -0.3 is 9.47 Å². The lowest BCUT2D eigenvalue weighted by Gasteiger charge is -2.22. The Labute approximate surface area is 121 Å². The van der Waals surface area contributed by atoms with Gasteiger partial charge in [0.15, 0.2) is 5.78 Å². The normalized spacial score (nSPS) is 18.8. The lowest BCUT2D eigenvalue weighted by Crippen LogP contribution is -2.20. The molecule has 1 fully saturated rings. The predicted molar refractivity (Wildman–Crippen MR) is 79.4 cm³/mol. The largest absolute Gasteiger partial charge is 0.493 e. The topological polar surface area (TPSA) is 35.5 Å². The maximum Gasteiger partial charge on any atom is 0.166 e. The Kier molecular flexibility index (Phi) is 6.06. The van der Waals surface area contributed by atoms with Crippen molar-refractivity contribution in [1.29, 1.82) is 0 Å². The van der Waals surface area contributed by atoms with Crippen LogP contribution in [0.15, 0.2) is 24.3 Å². The highest BCUT2D eigenvalue weighted by Gasteiger charge is 2.17. The second-order valence-electron chi connectivity index (χ2n) is 5.30. The van der Waals surface area contributed by atoms with Crippen molar-refractivity contribution in [2.45, 2.75) is 51.6 Å². The maximum absolute atomic E-state index is 12.3. The molecule has 1 aliphatic heterocycles. The summed E-state index contributed by atoms with van der Waals surface area (Å²) in [5.41, 5.74) is 0.705. The molecule has 0 aromatic heterocycles. The van der Waals surface area contributed by atoms with E-state index >= 15 is 0 Å². The van der Waals surface area contributed by atoms with Crippen molar-refractivity contribution in [1.82, 2.24) is 0 Å².